The Labute approximate surface area is 273 Å². The summed E-state index contributed by atoms with van der Waals surface area (Å²) in [7, 11) is 2.92. The summed E-state index contributed by atoms with van der Waals surface area (Å²) >= 11 is 4.71. The highest BCUT2D eigenvalue weighted by Gasteiger charge is 2.32. The lowest BCUT2D eigenvalue weighted by atomic mass is 9.83. The molecule has 7 heteroatoms. The number of nitrogens with one attached hydrogen (secondary N) is 2. The molecule has 0 amide bonds. The molecule has 0 spiro atoms. The summed E-state index contributed by atoms with van der Waals surface area (Å²) in [6.45, 7) is 14.7. The molecule has 0 atom stereocenters. The number of carbonyl (C=O) groups is 1. The molecule has 0 bridgehead atoms. The van der Waals surface area contributed by atoms with Gasteiger partial charge in [0.2, 0.25) is 5.36 Å². The molecule has 6 rings (SSSR count). The molecule has 3 aromatic rings. The maximum absolute atomic E-state index is 13.2. The van der Waals surface area contributed by atoms with Gasteiger partial charge in [0.15, 0.2) is 11.3 Å². The van der Waals surface area contributed by atoms with Crippen LogP contribution < -0.4 is 25.6 Å². The van der Waals surface area contributed by atoms with Gasteiger partial charge in [-0.25, -0.2) is 4.99 Å². The number of benzene rings is 3. The van der Waals surface area contributed by atoms with Gasteiger partial charge in [-0.2, -0.15) is 12.6 Å². The highest BCUT2D eigenvalue weighted by molar-refractivity contribution is 8.71. The molecule has 3 aromatic carbocycles. The van der Waals surface area contributed by atoms with Crippen LogP contribution in [0.15, 0.2) is 54.6 Å². The molecular weight excluding hydrogens is 601 g/mol. The van der Waals surface area contributed by atoms with Crippen molar-refractivity contribution in [3.05, 3.63) is 98.6 Å². The minimum atomic E-state index is -0.220. The van der Waals surface area contributed by atoms with Crippen LogP contribution in [0.25, 0.3) is 16.7 Å². The van der Waals surface area contributed by atoms with Crippen molar-refractivity contribution in [2.75, 3.05) is 16.8 Å². The summed E-state index contributed by atoms with van der Waals surface area (Å²) < 4.78 is 6.78. The van der Waals surface area contributed by atoms with Crippen molar-refractivity contribution in [1.29, 1.82) is 0 Å². The van der Waals surface area contributed by atoms with Gasteiger partial charge in [-0.15, -0.1) is 0 Å². The summed E-state index contributed by atoms with van der Waals surface area (Å²) in [5, 5.41) is 5.74. The molecule has 226 valence electrons. The first-order chi connectivity index (χ1) is 20.8. The third kappa shape index (κ3) is 5.56. The van der Waals surface area contributed by atoms with Crippen molar-refractivity contribution in [2.45, 2.75) is 59.5 Å². The second-order valence-electron chi connectivity index (χ2n) is 13.4. The van der Waals surface area contributed by atoms with Gasteiger partial charge >= 0.3 is 0 Å². The molecule has 0 unspecified atom stereocenters. The second kappa shape index (κ2) is 11.3. The summed E-state index contributed by atoms with van der Waals surface area (Å²) in [6.07, 6.45) is 4.55. The molecule has 3 aliphatic rings. The number of ether oxygens (including phenoxy) is 1. The minimum absolute atomic E-state index is 0.0959. The van der Waals surface area contributed by atoms with Gasteiger partial charge in [0, 0.05) is 70.5 Å². The molecule has 3 heterocycles. The first-order valence-electron chi connectivity index (χ1n) is 15.0. The Balaban J connectivity index is 1.70. The van der Waals surface area contributed by atoms with Crippen LogP contribution in [0.2, 0.25) is 0 Å². The predicted octanol–water partition coefficient (Wildman–Crippen LogP) is 6.55. The van der Waals surface area contributed by atoms with E-state index in [4.69, 9.17) is 23.1 Å². The number of aryl methyl sites for hydroxylation is 1. The van der Waals surface area contributed by atoms with Crippen LogP contribution in [0, 0.1) is 18.5 Å². The third-order valence-corrected chi connectivity index (χ3v) is 10.1. The second-order valence-corrected chi connectivity index (χ2v) is 15.7. The highest BCUT2D eigenvalue weighted by atomic mass is 33.1. The van der Waals surface area contributed by atoms with E-state index in [0.717, 1.165) is 72.5 Å². The van der Waals surface area contributed by atoms with E-state index < -0.39 is 0 Å². The number of thiol groups is 1. The first-order valence-corrected chi connectivity index (χ1v) is 18.0. The normalized spacial score (nSPS) is 17.0. The summed E-state index contributed by atoms with van der Waals surface area (Å²) in [4.78, 5) is 16.9. The van der Waals surface area contributed by atoms with Crippen LogP contribution in [-0.2, 0) is 0 Å². The Kier molecular flexibility index (Phi) is 7.90. The average Bonchev–Trinajstić information content (AvgIpc) is 2.95. The molecule has 0 aliphatic carbocycles. The van der Waals surface area contributed by atoms with Crippen molar-refractivity contribution in [3.8, 4) is 17.2 Å². The lowest BCUT2D eigenvalue weighted by molar-refractivity contribution is -0.568. The van der Waals surface area contributed by atoms with Crippen LogP contribution in [0.4, 0.5) is 5.69 Å². The highest BCUT2D eigenvalue weighted by Crippen LogP contribution is 2.45. The van der Waals surface area contributed by atoms with E-state index in [-0.39, 0.29) is 22.8 Å². The van der Waals surface area contributed by atoms with Crippen molar-refractivity contribution in [1.82, 2.24) is 0 Å². The van der Waals surface area contributed by atoms with E-state index in [1.807, 2.05) is 19.9 Å². The SMILES string of the molecule is C#SSCC1=CC(C)(C)Nc2cc3c(cc21)C(c1cc(C(=O)C(C)C)ccc1C)=c1cc2c(cc1O3)=[NH+]C(C)(C)C=C2CS. The number of hydrogen-bond acceptors (Lipinski definition) is 5. The molecular formula is C37H39N2O2S3+. The quantitative estimate of drug-likeness (QED) is 0.127. The van der Waals surface area contributed by atoms with Gasteiger partial charge in [0.25, 0.3) is 0 Å². The van der Waals surface area contributed by atoms with Gasteiger partial charge < -0.3 is 10.1 Å². The molecule has 4 nitrogen and oxygen atoms in total. The van der Waals surface area contributed by atoms with E-state index >= 15 is 0 Å². The maximum atomic E-state index is 13.2. The lowest BCUT2D eigenvalue weighted by Crippen LogP contribution is -2.89. The number of Topliss-reactive ketones (excluding diaryl/α,β-unsaturated/α-hetero) is 1. The summed E-state index contributed by atoms with van der Waals surface area (Å²) in [6, 6.07) is 14.8. The predicted molar refractivity (Wildman–Crippen MR) is 191 cm³/mol. The third-order valence-electron chi connectivity index (χ3n) is 8.44. The summed E-state index contributed by atoms with van der Waals surface area (Å²) in [5.41, 5.74) is 16.0. The van der Waals surface area contributed by atoms with Gasteiger partial charge in [0.1, 0.15) is 11.5 Å². The van der Waals surface area contributed by atoms with Crippen molar-refractivity contribution < 1.29 is 14.5 Å². The molecule has 2 N–H and O–H groups in total. The fourth-order valence-corrected chi connectivity index (χ4v) is 7.81. The van der Waals surface area contributed by atoms with Crippen LogP contribution in [0.5, 0.6) is 11.5 Å². The largest absolute Gasteiger partial charge is 0.456 e. The van der Waals surface area contributed by atoms with E-state index in [2.05, 4.69) is 93.5 Å². The molecule has 0 aromatic heterocycles. The number of fused-ring (bicyclic) bond motifs is 4. The van der Waals surface area contributed by atoms with E-state index in [1.54, 1.807) is 10.8 Å². The molecule has 0 saturated carbocycles. The average molecular weight is 640 g/mol. The number of rotatable bonds is 6. The molecule has 0 saturated heterocycles. The zero-order valence-electron chi connectivity index (χ0n) is 26.3. The van der Waals surface area contributed by atoms with Crippen LogP contribution >= 0.6 is 33.6 Å². The Bertz CT molecular complexity index is 1980. The van der Waals surface area contributed by atoms with E-state index in [9.17, 15) is 4.79 Å². The zero-order valence-corrected chi connectivity index (χ0v) is 28.9. The molecule has 0 fully saturated rings. The molecule has 44 heavy (non-hydrogen) atoms. The maximum Gasteiger partial charge on any atom is 0.210 e. The summed E-state index contributed by atoms with van der Waals surface area (Å²) in [5.74, 6) is 3.03. The van der Waals surface area contributed by atoms with Crippen LogP contribution in [0.1, 0.15) is 79.7 Å². The fraction of sp³-hybridized carbons (Fsp3) is 0.324. The fourth-order valence-electron chi connectivity index (χ4n) is 6.53. The van der Waals surface area contributed by atoms with Gasteiger partial charge in [-0.1, -0.05) is 58.7 Å². The number of carbonyl (C=O) groups excluding carboxylic acids is 1. The topological polar surface area (TPSA) is 52.3 Å². The first kappa shape index (κ1) is 30.8. The Morgan fingerprint density at radius 1 is 0.977 bits per heavy atom. The van der Waals surface area contributed by atoms with Crippen molar-refractivity contribution >= 4 is 61.8 Å². The lowest BCUT2D eigenvalue weighted by Gasteiger charge is -2.34. The standard InChI is InChI=1S/C37H38N2O2S3/c1-20(2)35(40)22-10-9-21(3)25(11-22)34-28-12-26-23(18-42)16-36(4,5)38-30(26)14-32(28)41-33-15-31-27(13-29(33)34)24(19-44-43-8)17-37(6,7)39-31/h8-17,20,39,42H,18-19H2,1-7H3/p+1. The van der Waals surface area contributed by atoms with Gasteiger partial charge in [-0.3, -0.25) is 4.79 Å². The smallest absolute Gasteiger partial charge is 0.210 e. The van der Waals surface area contributed by atoms with Crippen LogP contribution in [-0.4, -0.2) is 28.4 Å². The zero-order chi connectivity index (χ0) is 31.6. The Morgan fingerprint density at radius 2 is 1.75 bits per heavy atom. The number of hydrogen-bond donors (Lipinski definition) is 3. The van der Waals surface area contributed by atoms with Crippen molar-refractivity contribution in [3.63, 3.8) is 0 Å². The van der Waals surface area contributed by atoms with E-state index in [0.29, 0.717) is 5.75 Å². The minimum Gasteiger partial charge on any atom is -0.456 e. The Morgan fingerprint density at radius 3 is 2.45 bits per heavy atom. The number of anilines is 1. The van der Waals surface area contributed by atoms with Gasteiger partial charge in [-0.05, 0) is 67.3 Å². The monoisotopic (exact) mass is 639 g/mol. The van der Waals surface area contributed by atoms with Crippen LogP contribution in [0.3, 0.4) is 0 Å². The molecule has 0 radical (unpaired) electrons. The van der Waals surface area contributed by atoms with Gasteiger partial charge in [0.05, 0.1) is 17.2 Å². The van der Waals surface area contributed by atoms with Crippen molar-refractivity contribution in [2.24, 2.45) is 5.92 Å². The molecule has 3 aliphatic heterocycles. The number of ketones is 1. The Hall–Kier alpha value is -3.22. The van der Waals surface area contributed by atoms with E-state index in [1.165, 1.54) is 21.3 Å².